The quantitative estimate of drug-likeness (QED) is 0.506. The molecule has 0 bridgehead atoms. The van der Waals surface area contributed by atoms with Gasteiger partial charge < -0.3 is 10.1 Å². The lowest BCUT2D eigenvalue weighted by Gasteiger charge is -1.91. The standard InChI is InChI=1S/C5H11NO/c1-2-6-3-5-4-7-5/h5-6H,2-4H2,1H3. The second-order valence-corrected chi connectivity index (χ2v) is 1.76. The topological polar surface area (TPSA) is 24.6 Å². The molecule has 0 aromatic rings. The number of ether oxygens (including phenoxy) is 1. The van der Waals surface area contributed by atoms with Crippen LogP contribution < -0.4 is 5.32 Å². The lowest BCUT2D eigenvalue weighted by Crippen LogP contribution is -2.18. The highest BCUT2D eigenvalue weighted by molar-refractivity contribution is 4.70. The van der Waals surface area contributed by atoms with Crippen LogP contribution in [0.4, 0.5) is 0 Å². The number of hydrogen-bond donors (Lipinski definition) is 1. The molecule has 2 nitrogen and oxygen atoms in total. The molecule has 1 atom stereocenters. The van der Waals surface area contributed by atoms with Gasteiger partial charge in [-0.3, -0.25) is 0 Å². The first kappa shape index (κ1) is 5.06. The largest absolute Gasteiger partial charge is 0.372 e. The van der Waals surface area contributed by atoms with Crippen molar-refractivity contribution < 1.29 is 4.74 Å². The highest BCUT2D eigenvalue weighted by Gasteiger charge is 2.20. The molecule has 0 saturated carbocycles. The van der Waals surface area contributed by atoms with Gasteiger partial charge in [0.1, 0.15) is 0 Å². The van der Waals surface area contributed by atoms with E-state index in [-0.39, 0.29) is 0 Å². The third-order valence-corrected chi connectivity index (χ3v) is 1.02. The van der Waals surface area contributed by atoms with E-state index in [1.54, 1.807) is 0 Å². The summed E-state index contributed by atoms with van der Waals surface area (Å²) in [5, 5.41) is 3.19. The van der Waals surface area contributed by atoms with Gasteiger partial charge in [0.15, 0.2) is 0 Å². The van der Waals surface area contributed by atoms with Crippen molar-refractivity contribution in [1.82, 2.24) is 5.32 Å². The Bertz CT molecular complexity index is 52.0. The fourth-order valence-corrected chi connectivity index (χ4v) is 0.491. The fraction of sp³-hybridized carbons (Fsp3) is 1.00. The van der Waals surface area contributed by atoms with E-state index in [0.29, 0.717) is 6.10 Å². The predicted octanol–water partition coefficient (Wildman–Crippen LogP) is -0.00530. The normalized spacial score (nSPS) is 27.9. The van der Waals surface area contributed by atoms with Gasteiger partial charge in [-0.25, -0.2) is 0 Å². The van der Waals surface area contributed by atoms with Crippen LogP contribution in [0.15, 0.2) is 0 Å². The molecule has 0 radical (unpaired) electrons. The Morgan fingerprint density at radius 2 is 2.57 bits per heavy atom. The second-order valence-electron chi connectivity index (χ2n) is 1.76. The van der Waals surface area contributed by atoms with Crippen molar-refractivity contribution in [3.8, 4) is 0 Å². The monoisotopic (exact) mass is 101 g/mol. The highest BCUT2D eigenvalue weighted by atomic mass is 16.6. The van der Waals surface area contributed by atoms with Crippen LogP contribution in [0.1, 0.15) is 6.92 Å². The van der Waals surface area contributed by atoms with Crippen LogP contribution in [0.25, 0.3) is 0 Å². The van der Waals surface area contributed by atoms with Gasteiger partial charge in [0.25, 0.3) is 0 Å². The average molecular weight is 101 g/mol. The molecule has 1 heterocycles. The molecule has 0 amide bonds. The number of hydrogen-bond acceptors (Lipinski definition) is 2. The van der Waals surface area contributed by atoms with Crippen LogP contribution >= 0.6 is 0 Å². The van der Waals surface area contributed by atoms with Crippen molar-refractivity contribution in [2.45, 2.75) is 13.0 Å². The third-order valence-electron chi connectivity index (χ3n) is 1.02. The molecular weight excluding hydrogens is 90.1 g/mol. The summed E-state index contributed by atoms with van der Waals surface area (Å²) in [6.45, 7) is 5.16. The van der Waals surface area contributed by atoms with Crippen molar-refractivity contribution >= 4 is 0 Å². The Morgan fingerprint density at radius 1 is 1.86 bits per heavy atom. The maximum absolute atomic E-state index is 4.95. The molecule has 1 rings (SSSR count). The van der Waals surface area contributed by atoms with Crippen molar-refractivity contribution in [1.29, 1.82) is 0 Å². The Hall–Kier alpha value is -0.0800. The van der Waals surface area contributed by atoms with E-state index in [4.69, 9.17) is 4.74 Å². The number of nitrogens with one attached hydrogen (secondary N) is 1. The van der Waals surface area contributed by atoms with Gasteiger partial charge in [-0.2, -0.15) is 0 Å². The van der Waals surface area contributed by atoms with Gasteiger partial charge in [0.05, 0.1) is 12.7 Å². The summed E-state index contributed by atoms with van der Waals surface area (Å²) in [5.41, 5.74) is 0. The molecule has 1 aliphatic heterocycles. The molecule has 2 heteroatoms. The van der Waals surface area contributed by atoms with E-state index >= 15 is 0 Å². The van der Waals surface area contributed by atoms with E-state index in [9.17, 15) is 0 Å². The Labute approximate surface area is 43.9 Å². The van der Waals surface area contributed by atoms with Gasteiger partial charge in [-0.15, -0.1) is 0 Å². The highest BCUT2D eigenvalue weighted by Crippen LogP contribution is 2.05. The van der Waals surface area contributed by atoms with E-state index in [1.807, 2.05) is 0 Å². The maximum Gasteiger partial charge on any atom is 0.0933 e. The van der Waals surface area contributed by atoms with Crippen molar-refractivity contribution in [3.05, 3.63) is 0 Å². The summed E-state index contributed by atoms with van der Waals surface area (Å²) in [5.74, 6) is 0. The lowest BCUT2D eigenvalue weighted by molar-refractivity contribution is 0.399. The van der Waals surface area contributed by atoms with Gasteiger partial charge in [-0.05, 0) is 6.54 Å². The number of rotatable bonds is 3. The average Bonchev–Trinajstić information content (AvgIpc) is 2.42. The summed E-state index contributed by atoms with van der Waals surface area (Å²) in [7, 11) is 0. The molecule has 1 N–H and O–H groups in total. The molecule has 1 aliphatic rings. The van der Waals surface area contributed by atoms with Crippen LogP contribution in [0.2, 0.25) is 0 Å². The molecule has 7 heavy (non-hydrogen) atoms. The van der Waals surface area contributed by atoms with Crippen LogP contribution in [-0.4, -0.2) is 25.8 Å². The molecule has 42 valence electrons. The van der Waals surface area contributed by atoms with Crippen LogP contribution in [0.3, 0.4) is 0 Å². The summed E-state index contributed by atoms with van der Waals surface area (Å²) in [6, 6.07) is 0. The van der Waals surface area contributed by atoms with Crippen LogP contribution in [-0.2, 0) is 4.74 Å². The molecule has 0 aromatic carbocycles. The number of likely N-dealkylation sites (N-methyl/N-ethyl adjacent to an activating group) is 1. The van der Waals surface area contributed by atoms with Crippen molar-refractivity contribution in [3.63, 3.8) is 0 Å². The van der Waals surface area contributed by atoms with Gasteiger partial charge >= 0.3 is 0 Å². The Kier molecular flexibility index (Phi) is 1.65. The Balaban J connectivity index is 1.80. The van der Waals surface area contributed by atoms with E-state index in [2.05, 4.69) is 12.2 Å². The summed E-state index contributed by atoms with van der Waals surface area (Å²) in [4.78, 5) is 0. The SMILES string of the molecule is CCNCC1CO1. The molecular formula is C5H11NO. The lowest BCUT2D eigenvalue weighted by atomic mass is 10.5. The van der Waals surface area contributed by atoms with E-state index in [0.717, 1.165) is 19.7 Å². The zero-order valence-corrected chi connectivity index (χ0v) is 4.61. The minimum Gasteiger partial charge on any atom is -0.372 e. The summed E-state index contributed by atoms with van der Waals surface area (Å²) < 4.78 is 4.95. The first-order valence-corrected chi connectivity index (χ1v) is 2.76. The Morgan fingerprint density at radius 3 is 3.00 bits per heavy atom. The van der Waals surface area contributed by atoms with Crippen LogP contribution in [0.5, 0.6) is 0 Å². The van der Waals surface area contributed by atoms with E-state index < -0.39 is 0 Å². The molecule has 1 unspecified atom stereocenters. The number of epoxide rings is 1. The smallest absolute Gasteiger partial charge is 0.0933 e. The van der Waals surface area contributed by atoms with Crippen molar-refractivity contribution in [2.75, 3.05) is 19.7 Å². The second kappa shape index (κ2) is 2.28. The van der Waals surface area contributed by atoms with E-state index in [1.165, 1.54) is 0 Å². The molecule has 0 spiro atoms. The third kappa shape index (κ3) is 1.90. The molecule has 0 aliphatic carbocycles. The zero-order chi connectivity index (χ0) is 5.11. The van der Waals surface area contributed by atoms with Gasteiger partial charge in [0.2, 0.25) is 0 Å². The first-order chi connectivity index (χ1) is 3.43. The molecule has 1 fully saturated rings. The minimum atomic E-state index is 0.542. The van der Waals surface area contributed by atoms with Crippen LogP contribution in [0, 0.1) is 0 Å². The van der Waals surface area contributed by atoms with Gasteiger partial charge in [0, 0.05) is 6.54 Å². The fourth-order valence-electron chi connectivity index (χ4n) is 0.491. The molecule has 0 aromatic heterocycles. The first-order valence-electron chi connectivity index (χ1n) is 2.76. The van der Waals surface area contributed by atoms with Crippen molar-refractivity contribution in [2.24, 2.45) is 0 Å². The minimum absolute atomic E-state index is 0.542. The summed E-state index contributed by atoms with van der Waals surface area (Å²) in [6.07, 6.45) is 0.542. The summed E-state index contributed by atoms with van der Waals surface area (Å²) >= 11 is 0. The molecule has 1 saturated heterocycles. The van der Waals surface area contributed by atoms with Gasteiger partial charge in [-0.1, -0.05) is 6.92 Å². The zero-order valence-electron chi connectivity index (χ0n) is 4.61. The maximum atomic E-state index is 4.95. The predicted molar refractivity (Wildman–Crippen MR) is 28.3 cm³/mol.